The normalized spacial score (nSPS) is 9.67. The smallest absolute Gasteiger partial charge is 0.303 e. The minimum Gasteiger partial charge on any atom is -0.481 e. The highest BCUT2D eigenvalue weighted by Gasteiger charge is 2.08. The van der Waals surface area contributed by atoms with E-state index in [1.807, 2.05) is 0 Å². The van der Waals surface area contributed by atoms with Crippen LogP contribution in [0.2, 0.25) is 0 Å². The summed E-state index contributed by atoms with van der Waals surface area (Å²) in [4.78, 5) is 24.8. The van der Waals surface area contributed by atoms with Crippen LogP contribution >= 0.6 is 0 Å². The third-order valence-corrected chi connectivity index (χ3v) is 1.61. The summed E-state index contributed by atoms with van der Waals surface area (Å²) >= 11 is 0. The first-order chi connectivity index (χ1) is 7.09. The van der Waals surface area contributed by atoms with Crippen molar-refractivity contribution in [3.63, 3.8) is 0 Å². The molecule has 15 heavy (non-hydrogen) atoms. The van der Waals surface area contributed by atoms with Gasteiger partial charge in [0.15, 0.2) is 5.82 Å². The number of aromatic nitrogens is 1. The molecule has 1 rings (SSSR count). The Morgan fingerprint density at radius 3 is 2.80 bits per heavy atom. The summed E-state index contributed by atoms with van der Waals surface area (Å²) in [5.41, 5.74) is 0.000360. The molecule has 1 aromatic rings. The maximum absolute atomic E-state index is 13.0. The summed E-state index contributed by atoms with van der Waals surface area (Å²) in [5.74, 6) is -2.26. The number of carboxylic acids is 1. The molecule has 1 aromatic heterocycles. The van der Waals surface area contributed by atoms with Crippen LogP contribution in [0.15, 0.2) is 18.5 Å². The van der Waals surface area contributed by atoms with E-state index in [1.165, 1.54) is 12.3 Å². The fraction of sp³-hybridized carbons (Fsp3) is 0.222. The van der Waals surface area contributed by atoms with Crippen molar-refractivity contribution in [3.8, 4) is 0 Å². The van der Waals surface area contributed by atoms with Gasteiger partial charge < -0.3 is 10.4 Å². The lowest BCUT2D eigenvalue weighted by molar-refractivity contribution is -0.138. The molecular formula is C9H9FN2O3. The Hall–Kier alpha value is -1.98. The van der Waals surface area contributed by atoms with Crippen molar-refractivity contribution >= 4 is 17.6 Å². The molecule has 0 aliphatic heterocycles. The number of hydrogen-bond donors (Lipinski definition) is 2. The molecule has 6 heteroatoms. The SMILES string of the molecule is O=C(O)CCC(=O)Nc1ccncc1F. The number of hydrogen-bond acceptors (Lipinski definition) is 3. The van der Waals surface area contributed by atoms with E-state index >= 15 is 0 Å². The average molecular weight is 212 g/mol. The summed E-state index contributed by atoms with van der Waals surface area (Å²) in [6, 6.07) is 1.30. The Bertz CT molecular complexity index is 381. The van der Waals surface area contributed by atoms with E-state index in [0.717, 1.165) is 6.20 Å². The number of carbonyl (C=O) groups is 2. The molecule has 0 atom stereocenters. The lowest BCUT2D eigenvalue weighted by atomic mass is 10.3. The second kappa shape index (κ2) is 5.04. The van der Waals surface area contributed by atoms with Gasteiger partial charge in [-0.15, -0.1) is 0 Å². The predicted molar refractivity (Wildman–Crippen MR) is 49.7 cm³/mol. The van der Waals surface area contributed by atoms with Crippen LogP contribution in [0.3, 0.4) is 0 Å². The van der Waals surface area contributed by atoms with Gasteiger partial charge in [-0.25, -0.2) is 4.39 Å². The van der Waals surface area contributed by atoms with Gasteiger partial charge in [0, 0.05) is 12.6 Å². The van der Waals surface area contributed by atoms with Crippen LogP contribution < -0.4 is 5.32 Å². The molecule has 0 aliphatic rings. The monoisotopic (exact) mass is 212 g/mol. The van der Waals surface area contributed by atoms with Gasteiger partial charge in [-0.2, -0.15) is 0 Å². The van der Waals surface area contributed by atoms with Crippen molar-refractivity contribution in [2.24, 2.45) is 0 Å². The fourth-order valence-corrected chi connectivity index (χ4v) is 0.910. The van der Waals surface area contributed by atoms with Gasteiger partial charge in [0.25, 0.3) is 0 Å². The summed E-state index contributed by atoms with van der Waals surface area (Å²) in [5, 5.41) is 10.6. The van der Waals surface area contributed by atoms with Crippen LogP contribution in [0, 0.1) is 5.82 Å². The molecule has 0 bridgehead atoms. The maximum atomic E-state index is 13.0. The third-order valence-electron chi connectivity index (χ3n) is 1.61. The number of carboxylic acid groups (broad SMARTS) is 1. The lowest BCUT2D eigenvalue weighted by Crippen LogP contribution is -2.14. The van der Waals surface area contributed by atoms with Crippen LogP contribution in [0.1, 0.15) is 12.8 Å². The Balaban J connectivity index is 2.52. The molecule has 0 fully saturated rings. The van der Waals surface area contributed by atoms with Gasteiger partial charge in [-0.3, -0.25) is 14.6 Å². The standard InChI is InChI=1S/C9H9FN2O3/c10-6-5-11-4-3-7(6)12-8(13)1-2-9(14)15/h3-5H,1-2H2,(H,14,15)(H,11,12,13). The van der Waals surface area contributed by atoms with E-state index in [0.29, 0.717) is 0 Å². The highest BCUT2D eigenvalue weighted by molar-refractivity contribution is 5.92. The molecule has 1 heterocycles. The Kier molecular flexibility index (Phi) is 3.73. The van der Waals surface area contributed by atoms with Crippen LogP contribution in [0.25, 0.3) is 0 Å². The quantitative estimate of drug-likeness (QED) is 0.781. The van der Waals surface area contributed by atoms with E-state index in [-0.39, 0.29) is 18.5 Å². The predicted octanol–water partition coefficient (Wildman–Crippen LogP) is 1.02. The highest BCUT2D eigenvalue weighted by Crippen LogP contribution is 2.11. The molecule has 0 spiro atoms. The molecular weight excluding hydrogens is 203 g/mol. The van der Waals surface area contributed by atoms with Gasteiger partial charge in [-0.1, -0.05) is 0 Å². The number of halogens is 1. The molecule has 1 amide bonds. The summed E-state index contributed by atoms with van der Waals surface area (Å²) < 4.78 is 13.0. The van der Waals surface area contributed by atoms with Crippen molar-refractivity contribution in [1.29, 1.82) is 0 Å². The van der Waals surface area contributed by atoms with E-state index in [2.05, 4.69) is 10.3 Å². The first kappa shape index (κ1) is 11.1. The second-order valence-corrected chi connectivity index (χ2v) is 2.80. The first-order valence-electron chi connectivity index (χ1n) is 4.21. The summed E-state index contributed by atoms with van der Waals surface area (Å²) in [6.45, 7) is 0. The number of amides is 1. The van der Waals surface area contributed by atoms with Crippen LogP contribution in [0.5, 0.6) is 0 Å². The van der Waals surface area contributed by atoms with Crippen molar-refractivity contribution in [2.75, 3.05) is 5.32 Å². The van der Waals surface area contributed by atoms with Crippen LogP contribution in [-0.2, 0) is 9.59 Å². The Morgan fingerprint density at radius 2 is 2.20 bits per heavy atom. The van der Waals surface area contributed by atoms with Crippen LogP contribution in [0.4, 0.5) is 10.1 Å². The highest BCUT2D eigenvalue weighted by atomic mass is 19.1. The average Bonchev–Trinajstić information content (AvgIpc) is 2.18. The van der Waals surface area contributed by atoms with Crippen molar-refractivity contribution in [1.82, 2.24) is 4.98 Å². The summed E-state index contributed by atoms with van der Waals surface area (Å²) in [6.07, 6.45) is 1.83. The second-order valence-electron chi connectivity index (χ2n) is 2.80. The number of anilines is 1. The van der Waals surface area contributed by atoms with E-state index in [1.54, 1.807) is 0 Å². The van der Waals surface area contributed by atoms with E-state index in [9.17, 15) is 14.0 Å². The molecule has 80 valence electrons. The number of pyridine rings is 1. The molecule has 5 nitrogen and oxygen atoms in total. The molecule has 0 aromatic carbocycles. The largest absolute Gasteiger partial charge is 0.481 e. The zero-order valence-corrected chi connectivity index (χ0v) is 7.74. The molecule has 0 saturated heterocycles. The molecule has 0 unspecified atom stereocenters. The van der Waals surface area contributed by atoms with E-state index < -0.39 is 17.7 Å². The number of aliphatic carboxylic acids is 1. The van der Waals surface area contributed by atoms with Crippen molar-refractivity contribution < 1.29 is 19.1 Å². The molecule has 2 N–H and O–H groups in total. The zero-order valence-electron chi connectivity index (χ0n) is 7.74. The van der Waals surface area contributed by atoms with Gasteiger partial charge in [-0.05, 0) is 6.07 Å². The molecule has 0 saturated carbocycles. The topological polar surface area (TPSA) is 79.3 Å². The Morgan fingerprint density at radius 1 is 1.47 bits per heavy atom. The van der Waals surface area contributed by atoms with Crippen LogP contribution in [-0.4, -0.2) is 22.0 Å². The Labute approximate surface area is 84.9 Å². The third kappa shape index (κ3) is 3.72. The van der Waals surface area contributed by atoms with Gasteiger partial charge >= 0.3 is 5.97 Å². The number of rotatable bonds is 4. The lowest BCUT2D eigenvalue weighted by Gasteiger charge is -2.04. The number of nitrogens with one attached hydrogen (secondary N) is 1. The van der Waals surface area contributed by atoms with Crippen molar-refractivity contribution in [2.45, 2.75) is 12.8 Å². The minimum absolute atomic E-state index is 0.000360. The fourth-order valence-electron chi connectivity index (χ4n) is 0.910. The molecule has 0 radical (unpaired) electrons. The van der Waals surface area contributed by atoms with Gasteiger partial charge in [0.05, 0.1) is 18.3 Å². The maximum Gasteiger partial charge on any atom is 0.303 e. The minimum atomic E-state index is -1.07. The summed E-state index contributed by atoms with van der Waals surface area (Å²) in [7, 11) is 0. The first-order valence-corrected chi connectivity index (χ1v) is 4.21. The zero-order chi connectivity index (χ0) is 11.3. The van der Waals surface area contributed by atoms with Crippen molar-refractivity contribution in [3.05, 3.63) is 24.3 Å². The van der Waals surface area contributed by atoms with Gasteiger partial charge in [0.1, 0.15) is 0 Å². The van der Waals surface area contributed by atoms with E-state index in [4.69, 9.17) is 5.11 Å². The number of carbonyl (C=O) groups excluding carboxylic acids is 1. The number of nitrogens with zero attached hydrogens (tertiary/aromatic N) is 1. The molecule has 0 aliphatic carbocycles. The van der Waals surface area contributed by atoms with Gasteiger partial charge in [0.2, 0.25) is 5.91 Å².